The number of carbonyl (C=O) groups is 2. The minimum absolute atomic E-state index is 0.0727. The molecule has 5 aliphatic rings. The molecule has 0 bridgehead atoms. The van der Waals surface area contributed by atoms with E-state index in [0.717, 1.165) is 57.8 Å². The fraction of sp³-hybridized carbons (Fsp3) is 0.852. The highest BCUT2D eigenvalue weighted by molar-refractivity contribution is 5.87. The second-order valence-corrected chi connectivity index (χ2v) is 11.5. The number of rotatable bonds is 5. The Bertz CT molecular complexity index is 796. The van der Waals surface area contributed by atoms with Crippen LogP contribution in [0.2, 0.25) is 0 Å². The number of esters is 1. The molecule has 1 heterocycles. The predicted molar refractivity (Wildman–Crippen MR) is 121 cm³/mol. The van der Waals surface area contributed by atoms with Crippen molar-refractivity contribution in [2.75, 3.05) is 13.2 Å². The Labute approximate surface area is 192 Å². The van der Waals surface area contributed by atoms with Crippen LogP contribution in [0.1, 0.15) is 91.4 Å². The van der Waals surface area contributed by atoms with Crippen molar-refractivity contribution in [3.63, 3.8) is 0 Å². The van der Waals surface area contributed by atoms with E-state index in [-0.39, 0.29) is 28.8 Å². The fourth-order valence-electron chi connectivity index (χ4n) is 7.93. The number of hydrogen-bond acceptors (Lipinski definition) is 5. The maximum absolute atomic E-state index is 12.9. The van der Waals surface area contributed by atoms with Gasteiger partial charge in [-0.1, -0.05) is 39.2 Å². The second kappa shape index (κ2) is 8.23. The summed E-state index contributed by atoms with van der Waals surface area (Å²) in [6.45, 7) is 8.06. The molecule has 1 aliphatic heterocycles. The lowest BCUT2D eigenvalue weighted by Crippen LogP contribution is -2.56. The minimum atomic E-state index is -0.486. The summed E-state index contributed by atoms with van der Waals surface area (Å²) in [5, 5.41) is 0. The van der Waals surface area contributed by atoms with Crippen LogP contribution in [0, 0.1) is 28.6 Å². The van der Waals surface area contributed by atoms with E-state index in [1.807, 2.05) is 0 Å². The average Bonchev–Trinajstić information content (AvgIpc) is 3.34. The summed E-state index contributed by atoms with van der Waals surface area (Å²) in [5.74, 6) is 0.844. The Kier molecular flexibility index (Phi) is 5.81. The van der Waals surface area contributed by atoms with Crippen LogP contribution in [-0.4, -0.2) is 36.9 Å². The number of ether oxygens (including phenoxy) is 3. The predicted octanol–water partition coefficient (Wildman–Crippen LogP) is 5.36. The van der Waals surface area contributed by atoms with Gasteiger partial charge < -0.3 is 14.2 Å². The Morgan fingerprint density at radius 3 is 2.56 bits per heavy atom. The summed E-state index contributed by atoms with van der Waals surface area (Å²) in [6.07, 6.45) is 11.9. The van der Waals surface area contributed by atoms with Gasteiger partial charge in [-0.2, -0.15) is 0 Å². The monoisotopic (exact) mass is 444 g/mol. The van der Waals surface area contributed by atoms with E-state index in [1.165, 1.54) is 5.57 Å². The Balaban J connectivity index is 1.47. The molecule has 5 nitrogen and oxygen atoms in total. The molecule has 0 N–H and O–H groups in total. The van der Waals surface area contributed by atoms with Gasteiger partial charge in [0.2, 0.25) is 0 Å². The number of ketones is 1. The largest absolute Gasteiger partial charge is 0.458 e. The van der Waals surface area contributed by atoms with E-state index in [9.17, 15) is 9.59 Å². The first-order valence-electron chi connectivity index (χ1n) is 13.0. The molecular formula is C27H40O5. The van der Waals surface area contributed by atoms with Crippen LogP contribution in [0.5, 0.6) is 0 Å². The third kappa shape index (κ3) is 3.50. The van der Waals surface area contributed by atoms with Gasteiger partial charge in [0, 0.05) is 37.0 Å². The number of hydrogen-bond donors (Lipinski definition) is 0. The van der Waals surface area contributed by atoms with Gasteiger partial charge in [-0.3, -0.25) is 9.59 Å². The van der Waals surface area contributed by atoms with Crippen molar-refractivity contribution in [3.05, 3.63) is 11.6 Å². The molecule has 5 rings (SSSR count). The van der Waals surface area contributed by atoms with E-state index >= 15 is 0 Å². The number of carbonyl (C=O) groups excluding carboxylic acids is 2. The molecule has 4 aliphatic carbocycles. The van der Waals surface area contributed by atoms with Gasteiger partial charge in [0.05, 0.1) is 13.2 Å². The Hall–Kier alpha value is -1.20. The topological polar surface area (TPSA) is 61.8 Å². The van der Waals surface area contributed by atoms with Crippen LogP contribution >= 0.6 is 0 Å². The molecular weight excluding hydrogens is 404 g/mol. The zero-order valence-electron chi connectivity index (χ0n) is 20.1. The Morgan fingerprint density at radius 2 is 1.81 bits per heavy atom. The summed E-state index contributed by atoms with van der Waals surface area (Å²) in [4.78, 5) is 25.7. The average molecular weight is 445 g/mol. The van der Waals surface area contributed by atoms with Gasteiger partial charge in [0.1, 0.15) is 11.9 Å². The number of fused-ring (bicyclic) bond motifs is 5. The van der Waals surface area contributed by atoms with Crippen LogP contribution in [0.15, 0.2) is 11.6 Å². The second-order valence-electron chi connectivity index (χ2n) is 11.5. The van der Waals surface area contributed by atoms with Crippen LogP contribution in [0.3, 0.4) is 0 Å². The van der Waals surface area contributed by atoms with Crippen LogP contribution in [0.25, 0.3) is 0 Å². The molecule has 0 aromatic rings. The number of Topliss-reactive ketones (excluding diaryl/α,β-unsaturated/α-hetero) is 1. The molecule has 178 valence electrons. The van der Waals surface area contributed by atoms with E-state index < -0.39 is 5.79 Å². The molecule has 1 spiro atoms. The minimum Gasteiger partial charge on any atom is -0.458 e. The highest BCUT2D eigenvalue weighted by atomic mass is 16.7. The van der Waals surface area contributed by atoms with Gasteiger partial charge in [0.15, 0.2) is 5.79 Å². The molecule has 0 unspecified atom stereocenters. The normalized spacial score (nSPS) is 42.2. The summed E-state index contributed by atoms with van der Waals surface area (Å²) >= 11 is 0. The van der Waals surface area contributed by atoms with Crippen LogP contribution < -0.4 is 0 Å². The van der Waals surface area contributed by atoms with E-state index in [1.54, 1.807) is 0 Å². The Morgan fingerprint density at radius 1 is 1.06 bits per heavy atom. The lowest BCUT2D eigenvalue weighted by Gasteiger charge is -2.59. The van der Waals surface area contributed by atoms with Gasteiger partial charge in [-0.25, -0.2) is 0 Å². The van der Waals surface area contributed by atoms with Crippen molar-refractivity contribution < 1.29 is 23.8 Å². The lowest BCUT2D eigenvalue weighted by molar-refractivity contribution is -0.191. The van der Waals surface area contributed by atoms with Crippen molar-refractivity contribution in [3.8, 4) is 0 Å². The molecule has 0 aromatic heterocycles. The van der Waals surface area contributed by atoms with Crippen molar-refractivity contribution in [2.45, 2.75) is 103 Å². The van der Waals surface area contributed by atoms with Crippen LogP contribution in [-0.2, 0) is 23.8 Å². The molecule has 5 heteroatoms. The van der Waals surface area contributed by atoms with Crippen molar-refractivity contribution in [1.29, 1.82) is 0 Å². The lowest BCUT2D eigenvalue weighted by atomic mass is 9.47. The summed E-state index contributed by atoms with van der Waals surface area (Å²) in [7, 11) is 0. The molecule has 4 fully saturated rings. The third-order valence-electron chi connectivity index (χ3n) is 9.89. The molecule has 0 radical (unpaired) electrons. The van der Waals surface area contributed by atoms with Crippen molar-refractivity contribution in [1.82, 2.24) is 0 Å². The van der Waals surface area contributed by atoms with Gasteiger partial charge >= 0.3 is 5.97 Å². The number of unbranched alkanes of at least 4 members (excludes halogenated alkanes) is 2. The highest BCUT2D eigenvalue weighted by Gasteiger charge is 2.63. The molecule has 0 amide bonds. The first kappa shape index (κ1) is 22.6. The van der Waals surface area contributed by atoms with Crippen LogP contribution in [0.4, 0.5) is 0 Å². The standard InChI is InChI=1S/C27H40O5/c1-4-5-6-7-23(29)32-21-16-18-17-27(30-14-15-31-27)13-12-25(18,2)20-10-11-26(3)19(24(20)21)8-9-22(26)28/h16,19-21,24H,4-15,17H2,1-3H3/t19-,20-,21-,24-,25-,26-/m0/s1. The smallest absolute Gasteiger partial charge is 0.306 e. The first-order valence-corrected chi connectivity index (χ1v) is 13.0. The molecule has 6 atom stereocenters. The SMILES string of the molecule is CCCCCC(=O)O[C@H]1C=C2CC3(CC[C@]2(C)[C@H]2CC[C@]4(C)C(=O)CC[C@H]4[C@H]12)OCCO3. The van der Waals surface area contributed by atoms with E-state index in [2.05, 4.69) is 26.8 Å². The molecule has 3 saturated carbocycles. The van der Waals surface area contributed by atoms with Gasteiger partial charge in [-0.05, 0) is 55.4 Å². The van der Waals surface area contributed by atoms with Gasteiger partial charge in [0.25, 0.3) is 0 Å². The molecule has 0 aromatic carbocycles. The maximum atomic E-state index is 12.9. The first-order chi connectivity index (χ1) is 15.3. The zero-order chi connectivity index (χ0) is 22.6. The zero-order valence-corrected chi connectivity index (χ0v) is 20.1. The maximum Gasteiger partial charge on any atom is 0.306 e. The molecule has 1 saturated heterocycles. The van der Waals surface area contributed by atoms with Gasteiger partial charge in [-0.15, -0.1) is 0 Å². The fourth-order valence-corrected chi connectivity index (χ4v) is 7.93. The highest BCUT2D eigenvalue weighted by Crippen LogP contribution is 2.65. The summed E-state index contributed by atoms with van der Waals surface area (Å²) in [6, 6.07) is 0. The quantitative estimate of drug-likeness (QED) is 0.324. The third-order valence-corrected chi connectivity index (χ3v) is 9.89. The summed E-state index contributed by atoms with van der Waals surface area (Å²) in [5.41, 5.74) is 1.18. The van der Waals surface area contributed by atoms with Crippen molar-refractivity contribution >= 4 is 11.8 Å². The summed E-state index contributed by atoms with van der Waals surface area (Å²) < 4.78 is 18.4. The molecule has 32 heavy (non-hydrogen) atoms. The van der Waals surface area contributed by atoms with Crippen molar-refractivity contribution in [2.24, 2.45) is 28.6 Å². The van der Waals surface area contributed by atoms with E-state index in [0.29, 0.717) is 43.7 Å². The van der Waals surface area contributed by atoms with E-state index in [4.69, 9.17) is 14.2 Å².